The minimum absolute atomic E-state index is 0.0531. The third kappa shape index (κ3) is 12.7. The van der Waals surface area contributed by atoms with Gasteiger partial charge in [0.2, 0.25) is 0 Å². The third-order valence-electron chi connectivity index (χ3n) is 19.0. The van der Waals surface area contributed by atoms with Crippen molar-refractivity contribution in [3.05, 3.63) is 343 Å². The second kappa shape index (κ2) is 28.9. The van der Waals surface area contributed by atoms with Crippen molar-refractivity contribution in [3.8, 4) is 73.8 Å². The molecule has 3 aliphatic carbocycles. The highest BCUT2D eigenvalue weighted by atomic mass is 35.5. The Morgan fingerprint density at radius 2 is 0.685 bits per heavy atom. The first-order valence-corrected chi connectivity index (χ1v) is 36.7. The number of aromatic nitrogens is 3. The summed E-state index contributed by atoms with van der Waals surface area (Å²) in [5.74, 6) is -2.01. The SMILES string of the molecule is COc1cccc(Sc2c(O)c3c(=O)n(-c4ccc(F)cc4)c4c(c3oc2=O)CCc2ccccc2-4)c1.O=c1oc2c3c(n(-c4ccc(F)cc4)c(=O)c2c(O)c1Sc1cccc(Cl)c1)-c1ccccc1CC3.O=c1oc2c3c(n(-c4ccc(F)cc4)c(=O)c2c(O)c1Sc1ccccc1)-c1ccccc1CC3. The van der Waals surface area contributed by atoms with Crippen LogP contribution < -0.4 is 38.3 Å². The largest absolute Gasteiger partial charge is 0.505 e. The summed E-state index contributed by atoms with van der Waals surface area (Å²) in [5, 5.41) is 34.0. The van der Waals surface area contributed by atoms with Gasteiger partial charge in [-0.15, -0.1) is 0 Å². The first kappa shape index (κ1) is 70.1. The molecule has 6 aromatic heterocycles. The molecule has 16 nitrogen and oxygen atoms in total. The molecule has 9 aromatic carbocycles. The summed E-state index contributed by atoms with van der Waals surface area (Å²) in [7, 11) is 1.53. The van der Waals surface area contributed by atoms with Crippen LogP contribution in [0.4, 0.5) is 13.2 Å². The van der Waals surface area contributed by atoms with Crippen LogP contribution in [0.1, 0.15) is 33.4 Å². The van der Waals surface area contributed by atoms with Gasteiger partial charge < -0.3 is 33.3 Å². The highest BCUT2D eigenvalue weighted by molar-refractivity contribution is 8.00. The van der Waals surface area contributed by atoms with Crippen LogP contribution in [0.2, 0.25) is 5.02 Å². The van der Waals surface area contributed by atoms with Crippen molar-refractivity contribution in [2.45, 2.75) is 67.9 Å². The number of ether oxygens (including phenoxy) is 1. The average Bonchev–Trinajstić information content (AvgIpc) is 0.731. The summed E-state index contributed by atoms with van der Waals surface area (Å²) < 4.78 is 68.1. The van der Waals surface area contributed by atoms with E-state index in [4.69, 9.17) is 29.6 Å². The predicted molar refractivity (Wildman–Crippen MR) is 411 cm³/mol. The van der Waals surface area contributed by atoms with E-state index < -0.39 is 68.3 Å². The number of methoxy groups -OCH3 is 1. The molecule has 0 bridgehead atoms. The highest BCUT2D eigenvalue weighted by Crippen LogP contribution is 2.47. The van der Waals surface area contributed by atoms with Crippen LogP contribution in [0.25, 0.3) is 83.7 Å². The molecule has 6 heterocycles. The minimum Gasteiger partial charge on any atom is -0.505 e. The molecular weight excluding hydrogens is 1460 g/mol. The van der Waals surface area contributed by atoms with E-state index in [0.717, 1.165) is 73.6 Å². The molecule has 23 heteroatoms. The van der Waals surface area contributed by atoms with Gasteiger partial charge in [0.05, 0.1) is 24.2 Å². The maximum atomic E-state index is 14.1. The molecule has 0 aliphatic heterocycles. The van der Waals surface area contributed by atoms with Crippen LogP contribution in [-0.2, 0) is 38.5 Å². The standard InChI is InChI=1S/C29H20FNO5S.C28H17ClFNO4S.C28H18FNO4S/c1-35-19-6-4-7-20(15-19)37-27-25(32)23-26(36-29(27)34)22-14-9-16-5-2-3-8-21(16)24(22)31(28(23)33)18-12-10-17(30)11-13-18;29-16-5-3-6-19(14-16)36-26-24(32)22-25(35-28(26)34)21-13-8-15-4-1-2-7-20(15)23(21)31(27(22)33)18-11-9-17(30)10-12-18;29-17-11-13-18(14-12-17)30-23-20-9-5-4-6-16(20)10-15-21(23)25-22(27(30)32)24(31)26(28(33)34-25)35-19-7-2-1-3-8-19/h2-8,10-13,15,32H,9,14H2,1H3;1-7,9-12,14,32H,8,13H2;1-9,11-14,31H,10,15H2. The van der Waals surface area contributed by atoms with Gasteiger partial charge in [-0.25, -0.2) is 27.6 Å². The predicted octanol–water partition coefficient (Wildman–Crippen LogP) is 17.8. The van der Waals surface area contributed by atoms with Crippen molar-refractivity contribution < 1.29 is 46.5 Å². The summed E-state index contributed by atoms with van der Waals surface area (Å²) in [6.45, 7) is 0. The lowest BCUT2D eigenvalue weighted by Crippen LogP contribution is -2.25. The van der Waals surface area contributed by atoms with Crippen molar-refractivity contribution in [2.24, 2.45) is 0 Å². The number of hydrogen-bond acceptors (Lipinski definition) is 16. The molecule has 534 valence electrons. The Balaban J connectivity index is 0.000000124. The van der Waals surface area contributed by atoms with Gasteiger partial charge in [-0.2, -0.15) is 0 Å². The minimum atomic E-state index is -0.745. The van der Waals surface area contributed by atoms with E-state index in [9.17, 15) is 57.3 Å². The molecule has 0 radical (unpaired) electrons. The zero-order valence-electron chi connectivity index (χ0n) is 56.6. The zero-order chi connectivity index (χ0) is 74.8. The molecule has 3 aliphatic rings. The molecule has 0 spiro atoms. The second-order valence-electron chi connectivity index (χ2n) is 25.4. The maximum Gasteiger partial charge on any atom is 0.354 e. The summed E-state index contributed by atoms with van der Waals surface area (Å²) in [5.41, 5.74) is 6.98. The Morgan fingerprint density at radius 3 is 1.04 bits per heavy atom. The van der Waals surface area contributed by atoms with Crippen LogP contribution >= 0.6 is 46.9 Å². The van der Waals surface area contributed by atoms with Gasteiger partial charge in [-0.05, 0) is 177 Å². The quantitative estimate of drug-likeness (QED) is 0.116. The summed E-state index contributed by atoms with van der Waals surface area (Å²) in [4.78, 5) is 82.9. The van der Waals surface area contributed by atoms with Gasteiger partial charge in [-0.3, -0.25) is 28.1 Å². The van der Waals surface area contributed by atoms with Crippen molar-refractivity contribution in [1.29, 1.82) is 0 Å². The average molecular weight is 1520 g/mol. The molecule has 0 amide bonds. The van der Waals surface area contributed by atoms with Crippen molar-refractivity contribution in [2.75, 3.05) is 7.11 Å². The molecule has 0 saturated heterocycles. The van der Waals surface area contributed by atoms with Gasteiger partial charge in [0.25, 0.3) is 16.7 Å². The second-order valence-corrected chi connectivity index (χ2v) is 29.1. The Bertz CT molecular complexity index is 6580. The number of aryl methyl sites for hydroxylation is 6. The van der Waals surface area contributed by atoms with E-state index in [-0.39, 0.29) is 47.6 Å². The summed E-state index contributed by atoms with van der Waals surface area (Å²) >= 11 is 9.07. The first-order valence-electron chi connectivity index (χ1n) is 33.8. The summed E-state index contributed by atoms with van der Waals surface area (Å²) in [6, 6.07) is 62.8. The molecule has 0 saturated carbocycles. The monoisotopic (exact) mass is 1510 g/mol. The van der Waals surface area contributed by atoms with Crippen molar-refractivity contribution >= 4 is 79.8 Å². The van der Waals surface area contributed by atoms with E-state index >= 15 is 0 Å². The number of rotatable bonds is 10. The molecule has 108 heavy (non-hydrogen) atoms. The maximum absolute atomic E-state index is 14.1. The highest BCUT2D eigenvalue weighted by Gasteiger charge is 2.34. The van der Waals surface area contributed by atoms with Crippen molar-refractivity contribution in [3.63, 3.8) is 0 Å². The Morgan fingerprint density at radius 1 is 0.370 bits per heavy atom. The molecule has 0 unspecified atom stereocenters. The molecule has 15 aromatic rings. The Hall–Kier alpha value is -12.2. The van der Waals surface area contributed by atoms with Gasteiger partial charge in [0.15, 0.2) is 34.0 Å². The van der Waals surface area contributed by atoms with Gasteiger partial charge >= 0.3 is 16.9 Å². The fourth-order valence-electron chi connectivity index (χ4n) is 14.2. The van der Waals surface area contributed by atoms with E-state index in [0.29, 0.717) is 110 Å². The number of halogens is 4. The van der Waals surface area contributed by atoms with E-state index in [1.807, 2.05) is 91.0 Å². The zero-order valence-corrected chi connectivity index (χ0v) is 59.8. The number of pyridine rings is 3. The van der Waals surface area contributed by atoms with Gasteiger partial charge in [0.1, 0.15) is 54.0 Å². The van der Waals surface area contributed by atoms with Crippen LogP contribution in [0.5, 0.6) is 23.0 Å². The van der Waals surface area contributed by atoms with Gasteiger partial charge in [-0.1, -0.05) is 150 Å². The van der Waals surface area contributed by atoms with Crippen LogP contribution in [0.15, 0.2) is 296 Å². The number of benzene rings is 9. The van der Waals surface area contributed by atoms with E-state index in [1.165, 1.54) is 93.6 Å². The topological polar surface area (TPSA) is 227 Å². The number of hydrogen-bond donors (Lipinski definition) is 3. The lowest BCUT2D eigenvalue weighted by Gasteiger charge is -2.25. The molecule has 18 rings (SSSR count). The van der Waals surface area contributed by atoms with Crippen LogP contribution in [-0.4, -0.2) is 36.1 Å². The number of aromatic hydroxyl groups is 3. The Labute approximate surface area is 627 Å². The molecule has 3 N–H and O–H groups in total. The smallest absolute Gasteiger partial charge is 0.354 e. The van der Waals surface area contributed by atoms with Crippen LogP contribution in [0.3, 0.4) is 0 Å². The normalized spacial score (nSPS) is 12.3. The molecule has 0 atom stereocenters. The lowest BCUT2D eigenvalue weighted by molar-refractivity contribution is 0.413. The fourth-order valence-corrected chi connectivity index (χ4v) is 17.1. The molecular formula is C85H55ClF3N3O13S3. The lowest BCUT2D eigenvalue weighted by atomic mass is 9.87. The van der Waals surface area contributed by atoms with E-state index in [1.54, 1.807) is 60.7 Å². The number of fused-ring (bicyclic) bond motifs is 15. The van der Waals surface area contributed by atoms with Gasteiger partial charge in [0, 0.05) is 70.2 Å². The Kier molecular flexibility index (Phi) is 18.8. The fraction of sp³-hybridized carbons (Fsp3) is 0.0824. The number of nitrogens with zero attached hydrogens (tertiary/aromatic N) is 3. The summed E-state index contributed by atoms with van der Waals surface area (Å²) in [6.07, 6.45) is 3.53. The van der Waals surface area contributed by atoms with Crippen molar-refractivity contribution in [1.82, 2.24) is 13.7 Å². The van der Waals surface area contributed by atoms with Crippen LogP contribution in [0, 0.1) is 17.5 Å². The first-order chi connectivity index (χ1) is 52.4. The molecule has 0 fully saturated rings. The van der Waals surface area contributed by atoms with E-state index in [2.05, 4.69) is 0 Å². The third-order valence-corrected chi connectivity index (χ3v) is 22.4.